The average molecular weight is 584 g/mol. The molecule has 0 aliphatic heterocycles. The Morgan fingerprint density at radius 3 is 2.12 bits per heavy atom. The Balaban J connectivity index is 0.00000289. The molecule has 4 aromatic rings. The van der Waals surface area contributed by atoms with E-state index >= 15 is 0 Å². The highest BCUT2D eigenvalue weighted by Gasteiger charge is 2.23. The molecule has 1 heterocycles. The number of ether oxygens (including phenoxy) is 3. The van der Waals surface area contributed by atoms with Crippen molar-refractivity contribution in [2.45, 2.75) is 20.4 Å². The SMILES string of the molecule is CCOc1ccc2c(c1)[n+](COc1ccccc1Br)c(N)n2COc1ccccc1Br.[Cl-]. The summed E-state index contributed by atoms with van der Waals surface area (Å²) in [5, 5.41) is 0. The summed E-state index contributed by atoms with van der Waals surface area (Å²) in [6, 6.07) is 21.3. The Kier molecular flexibility index (Phi) is 8.28. The quantitative estimate of drug-likeness (QED) is 0.324. The maximum absolute atomic E-state index is 6.55. The fourth-order valence-corrected chi connectivity index (χ4v) is 4.06. The van der Waals surface area contributed by atoms with Gasteiger partial charge in [0.05, 0.1) is 15.6 Å². The molecule has 0 spiro atoms. The highest BCUT2D eigenvalue weighted by Crippen LogP contribution is 2.27. The molecule has 6 nitrogen and oxygen atoms in total. The van der Waals surface area contributed by atoms with E-state index < -0.39 is 0 Å². The van der Waals surface area contributed by atoms with Crippen molar-refractivity contribution in [2.24, 2.45) is 0 Å². The lowest BCUT2D eigenvalue weighted by molar-refractivity contribution is -0.687. The molecule has 0 saturated carbocycles. The van der Waals surface area contributed by atoms with Gasteiger partial charge in [0, 0.05) is 6.07 Å². The Hall–Kier alpha value is -2.42. The zero-order valence-electron chi connectivity index (χ0n) is 17.3. The monoisotopic (exact) mass is 581 g/mol. The topological polar surface area (TPSA) is 62.5 Å². The molecule has 168 valence electrons. The van der Waals surface area contributed by atoms with Crippen LogP contribution in [0.1, 0.15) is 6.92 Å². The number of nitrogen functional groups attached to an aromatic ring is 1. The van der Waals surface area contributed by atoms with Gasteiger partial charge in [-0.1, -0.05) is 24.3 Å². The predicted octanol–water partition coefficient (Wildman–Crippen LogP) is 2.51. The van der Waals surface area contributed by atoms with Crippen LogP contribution in [0.15, 0.2) is 75.7 Å². The van der Waals surface area contributed by atoms with Gasteiger partial charge in [0.25, 0.3) is 0 Å². The standard InChI is InChI=1S/C23H21Br2N3O3.ClH/c1-2-29-16-11-12-19-20(13-16)28(15-31-22-10-6-4-8-18(22)25)23(26)27(19)14-30-21-9-5-3-7-17(21)24;/h3-13,26H,2,14-15H2,1H3;1H. The first kappa shape index (κ1) is 24.2. The number of para-hydroxylation sites is 2. The van der Waals surface area contributed by atoms with Crippen molar-refractivity contribution >= 4 is 48.8 Å². The van der Waals surface area contributed by atoms with Crippen LogP contribution in [-0.4, -0.2) is 11.2 Å². The normalized spacial score (nSPS) is 10.6. The van der Waals surface area contributed by atoms with Crippen molar-refractivity contribution < 1.29 is 31.2 Å². The first-order chi connectivity index (χ1) is 15.1. The van der Waals surface area contributed by atoms with Gasteiger partial charge in [0.15, 0.2) is 0 Å². The number of nitrogens with zero attached hydrogens (tertiary/aromatic N) is 2. The molecule has 9 heteroatoms. The number of aromatic nitrogens is 2. The van der Waals surface area contributed by atoms with Crippen LogP contribution in [0.5, 0.6) is 17.2 Å². The molecule has 0 amide bonds. The van der Waals surface area contributed by atoms with Crippen LogP contribution in [0.3, 0.4) is 0 Å². The number of benzene rings is 3. The lowest BCUT2D eigenvalue weighted by Gasteiger charge is -2.08. The third-order valence-corrected chi connectivity index (χ3v) is 6.07. The molecule has 4 rings (SSSR count). The Labute approximate surface area is 209 Å². The van der Waals surface area contributed by atoms with Crippen molar-refractivity contribution in [3.05, 3.63) is 75.7 Å². The second kappa shape index (κ2) is 10.9. The number of fused-ring (bicyclic) bond motifs is 1. The van der Waals surface area contributed by atoms with Crippen LogP contribution < -0.4 is 36.9 Å². The largest absolute Gasteiger partial charge is 1.00 e. The zero-order chi connectivity index (χ0) is 21.8. The van der Waals surface area contributed by atoms with Gasteiger partial charge in [-0.3, -0.25) is 5.73 Å². The first-order valence-electron chi connectivity index (χ1n) is 9.77. The lowest BCUT2D eigenvalue weighted by atomic mass is 10.3. The number of hydrogen-bond donors (Lipinski definition) is 1. The van der Waals surface area contributed by atoms with E-state index in [0.717, 1.165) is 37.2 Å². The maximum atomic E-state index is 6.55. The van der Waals surface area contributed by atoms with E-state index in [4.69, 9.17) is 19.9 Å². The van der Waals surface area contributed by atoms with Crippen molar-refractivity contribution in [3.63, 3.8) is 0 Å². The highest BCUT2D eigenvalue weighted by molar-refractivity contribution is 9.10. The van der Waals surface area contributed by atoms with Gasteiger partial charge in [-0.05, 0) is 75.2 Å². The Morgan fingerprint density at radius 1 is 0.875 bits per heavy atom. The maximum Gasteiger partial charge on any atom is 0.361 e. The van der Waals surface area contributed by atoms with Crippen LogP contribution in [-0.2, 0) is 13.5 Å². The highest BCUT2D eigenvalue weighted by atomic mass is 79.9. The van der Waals surface area contributed by atoms with Crippen LogP contribution in [0.2, 0.25) is 0 Å². The van der Waals surface area contributed by atoms with Gasteiger partial charge in [-0.2, -0.15) is 9.13 Å². The minimum Gasteiger partial charge on any atom is -1.00 e. The van der Waals surface area contributed by atoms with Crippen LogP contribution in [0, 0.1) is 0 Å². The number of imidazole rings is 1. The minimum atomic E-state index is 0. The predicted molar refractivity (Wildman–Crippen MR) is 127 cm³/mol. The van der Waals surface area contributed by atoms with Crippen molar-refractivity contribution in [3.8, 4) is 17.2 Å². The van der Waals surface area contributed by atoms with Gasteiger partial charge in [-0.15, -0.1) is 0 Å². The molecular formula is C23H22Br2ClN3O3. The average Bonchev–Trinajstić information content (AvgIpc) is 3.03. The fourth-order valence-electron chi connectivity index (χ4n) is 3.26. The molecule has 3 aromatic carbocycles. The number of rotatable bonds is 8. The molecular weight excluding hydrogens is 562 g/mol. The summed E-state index contributed by atoms with van der Waals surface area (Å²) in [5.41, 5.74) is 8.36. The van der Waals surface area contributed by atoms with E-state index in [1.54, 1.807) is 0 Å². The van der Waals surface area contributed by atoms with Gasteiger partial charge in [-0.25, -0.2) is 0 Å². The van der Waals surface area contributed by atoms with E-state index in [2.05, 4.69) is 31.9 Å². The van der Waals surface area contributed by atoms with Crippen LogP contribution in [0.4, 0.5) is 5.95 Å². The van der Waals surface area contributed by atoms with Crippen molar-refractivity contribution in [2.75, 3.05) is 12.3 Å². The van der Waals surface area contributed by atoms with Crippen molar-refractivity contribution in [1.82, 2.24) is 4.57 Å². The fraction of sp³-hybridized carbons (Fsp3) is 0.174. The molecule has 0 saturated heterocycles. The summed E-state index contributed by atoms with van der Waals surface area (Å²) >= 11 is 7.03. The molecule has 0 radical (unpaired) electrons. The van der Waals surface area contributed by atoms with Gasteiger partial charge in [0.1, 0.15) is 28.3 Å². The summed E-state index contributed by atoms with van der Waals surface area (Å²) in [6.07, 6.45) is 0. The second-order valence-corrected chi connectivity index (χ2v) is 8.41. The molecule has 0 aliphatic carbocycles. The van der Waals surface area contributed by atoms with Crippen molar-refractivity contribution in [1.29, 1.82) is 0 Å². The minimum absolute atomic E-state index is 0. The molecule has 32 heavy (non-hydrogen) atoms. The van der Waals surface area contributed by atoms with Crippen LogP contribution >= 0.6 is 31.9 Å². The van der Waals surface area contributed by atoms with E-state index in [1.165, 1.54) is 0 Å². The van der Waals surface area contributed by atoms with Gasteiger partial charge >= 0.3 is 5.95 Å². The van der Waals surface area contributed by atoms with Crippen LogP contribution in [0.25, 0.3) is 11.0 Å². The summed E-state index contributed by atoms with van der Waals surface area (Å²) in [7, 11) is 0. The van der Waals surface area contributed by atoms with Gasteiger partial charge < -0.3 is 26.6 Å². The van der Waals surface area contributed by atoms with E-state index in [0.29, 0.717) is 12.6 Å². The number of hydrogen-bond acceptors (Lipinski definition) is 4. The third-order valence-electron chi connectivity index (χ3n) is 4.76. The van der Waals surface area contributed by atoms with Gasteiger partial charge in [0.2, 0.25) is 13.5 Å². The molecule has 1 aromatic heterocycles. The Morgan fingerprint density at radius 2 is 1.50 bits per heavy atom. The third kappa shape index (κ3) is 5.14. The number of anilines is 1. The van der Waals surface area contributed by atoms with E-state index in [9.17, 15) is 0 Å². The summed E-state index contributed by atoms with van der Waals surface area (Å²) in [6.45, 7) is 3.03. The lowest BCUT2D eigenvalue weighted by Crippen LogP contribution is -3.00. The number of nitrogens with two attached hydrogens (primary N) is 1. The molecule has 0 unspecified atom stereocenters. The zero-order valence-corrected chi connectivity index (χ0v) is 21.2. The van der Waals surface area contributed by atoms with E-state index in [1.807, 2.05) is 82.8 Å². The summed E-state index contributed by atoms with van der Waals surface area (Å²) in [5.74, 6) is 2.77. The second-order valence-electron chi connectivity index (χ2n) is 6.71. The summed E-state index contributed by atoms with van der Waals surface area (Å²) < 4.78 is 23.3. The Bertz CT molecular complexity index is 1220. The summed E-state index contributed by atoms with van der Waals surface area (Å²) in [4.78, 5) is 0. The molecule has 2 N–H and O–H groups in total. The molecule has 0 fully saturated rings. The molecule has 0 bridgehead atoms. The molecule has 0 aliphatic rings. The molecule has 0 atom stereocenters. The first-order valence-corrected chi connectivity index (χ1v) is 11.4. The van der Waals surface area contributed by atoms with E-state index in [-0.39, 0.29) is 25.9 Å². The number of halogens is 3. The smallest absolute Gasteiger partial charge is 0.361 e.